The fourth-order valence-corrected chi connectivity index (χ4v) is 2.29. The van der Waals surface area contributed by atoms with Gasteiger partial charge in [0.2, 0.25) is 0 Å². The first kappa shape index (κ1) is 13.7. The van der Waals surface area contributed by atoms with E-state index in [1.54, 1.807) is 13.2 Å². The quantitative estimate of drug-likeness (QED) is 0.819. The molecular formula is C15H21NO3. The van der Waals surface area contributed by atoms with Gasteiger partial charge < -0.3 is 14.4 Å². The third kappa shape index (κ3) is 3.40. The molecule has 0 spiro atoms. The lowest BCUT2D eigenvalue weighted by molar-refractivity contribution is -0.137. The first-order chi connectivity index (χ1) is 9.24. The molecule has 1 aromatic rings. The summed E-state index contributed by atoms with van der Waals surface area (Å²) in [5, 5.41) is 0. The van der Waals surface area contributed by atoms with Crippen LogP contribution in [0.2, 0.25) is 0 Å². The fourth-order valence-electron chi connectivity index (χ4n) is 2.29. The minimum atomic E-state index is -0.398. The van der Waals surface area contributed by atoms with Crippen LogP contribution < -0.4 is 9.47 Å². The van der Waals surface area contributed by atoms with Crippen molar-refractivity contribution in [3.8, 4) is 11.5 Å². The summed E-state index contributed by atoms with van der Waals surface area (Å²) in [5.74, 6) is 1.52. The predicted molar refractivity (Wildman–Crippen MR) is 73.5 cm³/mol. The van der Waals surface area contributed by atoms with Crippen LogP contribution >= 0.6 is 0 Å². The molecule has 0 radical (unpaired) electrons. The molecule has 0 saturated carbocycles. The summed E-state index contributed by atoms with van der Waals surface area (Å²) < 4.78 is 11.0. The molecule has 0 aliphatic carbocycles. The third-order valence-electron chi connectivity index (χ3n) is 3.38. The van der Waals surface area contributed by atoms with Gasteiger partial charge >= 0.3 is 0 Å². The van der Waals surface area contributed by atoms with Crippen LogP contribution in [0.15, 0.2) is 24.3 Å². The summed E-state index contributed by atoms with van der Waals surface area (Å²) in [4.78, 5) is 14.2. The van der Waals surface area contributed by atoms with Crippen molar-refractivity contribution in [1.29, 1.82) is 0 Å². The summed E-state index contributed by atoms with van der Waals surface area (Å²) in [7, 11) is 1.62. The zero-order chi connectivity index (χ0) is 13.7. The van der Waals surface area contributed by atoms with Gasteiger partial charge in [-0.3, -0.25) is 4.79 Å². The van der Waals surface area contributed by atoms with Crippen LogP contribution in [0.1, 0.15) is 26.2 Å². The van der Waals surface area contributed by atoms with E-state index in [2.05, 4.69) is 0 Å². The molecule has 1 amide bonds. The Morgan fingerprint density at radius 3 is 2.63 bits per heavy atom. The van der Waals surface area contributed by atoms with Crippen molar-refractivity contribution in [2.24, 2.45) is 0 Å². The highest BCUT2D eigenvalue weighted by Crippen LogP contribution is 2.22. The number of likely N-dealkylation sites (tertiary alicyclic amines) is 1. The number of amides is 1. The summed E-state index contributed by atoms with van der Waals surface area (Å²) >= 11 is 0. The van der Waals surface area contributed by atoms with Crippen LogP contribution in [0.5, 0.6) is 11.5 Å². The Bertz CT molecular complexity index is 427. The first-order valence-corrected chi connectivity index (χ1v) is 6.84. The zero-order valence-corrected chi connectivity index (χ0v) is 11.6. The summed E-state index contributed by atoms with van der Waals surface area (Å²) in [6.45, 7) is 3.69. The number of rotatable bonds is 5. The molecule has 1 saturated heterocycles. The third-order valence-corrected chi connectivity index (χ3v) is 3.38. The molecule has 1 aromatic carbocycles. The number of carbonyl (C=O) groups is 1. The lowest BCUT2D eigenvalue weighted by atomic mass is 10.2. The first-order valence-electron chi connectivity index (χ1n) is 6.84. The van der Waals surface area contributed by atoms with Crippen LogP contribution in [-0.4, -0.2) is 37.1 Å². The van der Waals surface area contributed by atoms with Gasteiger partial charge in [-0.1, -0.05) is 13.0 Å². The van der Waals surface area contributed by atoms with E-state index in [0.717, 1.165) is 31.7 Å². The van der Waals surface area contributed by atoms with Crippen LogP contribution in [0.3, 0.4) is 0 Å². The lowest BCUT2D eigenvalue weighted by Crippen LogP contribution is -2.40. The molecule has 0 bridgehead atoms. The Morgan fingerprint density at radius 1 is 1.32 bits per heavy atom. The number of methoxy groups -OCH3 is 1. The summed E-state index contributed by atoms with van der Waals surface area (Å²) in [6, 6.07) is 7.37. The van der Waals surface area contributed by atoms with Crippen LogP contribution in [0, 0.1) is 0 Å². The SMILES string of the molecule is CC[C@H](Oc1cccc(OC)c1)C(=O)N1CCCC1. The minimum absolute atomic E-state index is 0.0998. The van der Waals surface area contributed by atoms with Gasteiger partial charge in [0, 0.05) is 19.2 Å². The van der Waals surface area contributed by atoms with E-state index >= 15 is 0 Å². The van der Waals surface area contributed by atoms with Crippen molar-refractivity contribution in [3.63, 3.8) is 0 Å². The monoisotopic (exact) mass is 263 g/mol. The molecule has 1 aliphatic rings. The van der Waals surface area contributed by atoms with Gasteiger partial charge in [0.15, 0.2) is 6.10 Å². The molecule has 4 nitrogen and oxygen atoms in total. The Morgan fingerprint density at radius 2 is 2.00 bits per heavy atom. The van der Waals surface area contributed by atoms with Gasteiger partial charge in [-0.2, -0.15) is 0 Å². The second kappa shape index (κ2) is 6.45. The molecule has 0 N–H and O–H groups in total. The highest BCUT2D eigenvalue weighted by molar-refractivity contribution is 5.81. The fraction of sp³-hybridized carbons (Fsp3) is 0.533. The van der Waals surface area contributed by atoms with Gasteiger partial charge in [0.05, 0.1) is 7.11 Å². The standard InChI is InChI=1S/C15H21NO3/c1-3-14(15(17)16-9-4-5-10-16)19-13-8-6-7-12(11-13)18-2/h6-8,11,14H,3-5,9-10H2,1-2H3/t14-/m0/s1. The highest BCUT2D eigenvalue weighted by atomic mass is 16.5. The van der Waals surface area contributed by atoms with Gasteiger partial charge in [-0.25, -0.2) is 0 Å². The van der Waals surface area contributed by atoms with E-state index in [9.17, 15) is 4.79 Å². The van der Waals surface area contributed by atoms with Gasteiger partial charge in [0.25, 0.3) is 5.91 Å². The van der Waals surface area contributed by atoms with E-state index in [4.69, 9.17) is 9.47 Å². The Balaban J connectivity index is 2.03. The lowest BCUT2D eigenvalue weighted by Gasteiger charge is -2.23. The Kier molecular flexibility index (Phi) is 4.66. The molecule has 1 atom stereocenters. The topological polar surface area (TPSA) is 38.8 Å². The Hall–Kier alpha value is -1.71. The maximum Gasteiger partial charge on any atom is 0.263 e. The van der Waals surface area contributed by atoms with Crippen molar-refractivity contribution in [1.82, 2.24) is 4.90 Å². The van der Waals surface area contributed by atoms with E-state index in [0.29, 0.717) is 12.2 Å². The molecular weight excluding hydrogens is 242 g/mol. The van der Waals surface area contributed by atoms with E-state index in [-0.39, 0.29) is 5.91 Å². The average molecular weight is 263 g/mol. The van der Waals surface area contributed by atoms with Gasteiger partial charge in [-0.05, 0) is 31.4 Å². The molecule has 19 heavy (non-hydrogen) atoms. The van der Waals surface area contributed by atoms with Crippen LogP contribution in [0.25, 0.3) is 0 Å². The molecule has 1 aliphatic heterocycles. The van der Waals surface area contributed by atoms with Crippen molar-refractivity contribution in [2.75, 3.05) is 20.2 Å². The number of ether oxygens (including phenoxy) is 2. The molecule has 0 aromatic heterocycles. The second-order valence-electron chi connectivity index (χ2n) is 4.73. The smallest absolute Gasteiger partial charge is 0.263 e. The van der Waals surface area contributed by atoms with Crippen LogP contribution in [0.4, 0.5) is 0 Å². The molecule has 1 heterocycles. The molecule has 2 rings (SSSR count). The van der Waals surface area contributed by atoms with E-state index in [1.807, 2.05) is 30.0 Å². The largest absolute Gasteiger partial charge is 0.497 e. The van der Waals surface area contributed by atoms with Crippen molar-refractivity contribution in [2.45, 2.75) is 32.3 Å². The zero-order valence-electron chi connectivity index (χ0n) is 11.6. The minimum Gasteiger partial charge on any atom is -0.497 e. The van der Waals surface area contributed by atoms with E-state index < -0.39 is 6.10 Å². The molecule has 0 unspecified atom stereocenters. The predicted octanol–water partition coefficient (Wildman–Crippen LogP) is 2.48. The summed E-state index contributed by atoms with van der Waals surface area (Å²) in [5.41, 5.74) is 0. The number of nitrogens with zero attached hydrogens (tertiary/aromatic N) is 1. The van der Waals surface area contributed by atoms with E-state index in [1.165, 1.54) is 0 Å². The van der Waals surface area contributed by atoms with Gasteiger partial charge in [-0.15, -0.1) is 0 Å². The summed E-state index contributed by atoms with van der Waals surface area (Å²) in [6.07, 6.45) is 2.47. The number of benzene rings is 1. The maximum absolute atomic E-state index is 12.3. The molecule has 1 fully saturated rings. The molecule has 4 heteroatoms. The highest BCUT2D eigenvalue weighted by Gasteiger charge is 2.26. The maximum atomic E-state index is 12.3. The second-order valence-corrected chi connectivity index (χ2v) is 4.73. The van der Waals surface area contributed by atoms with Crippen molar-refractivity contribution >= 4 is 5.91 Å². The van der Waals surface area contributed by atoms with Crippen molar-refractivity contribution < 1.29 is 14.3 Å². The molecule has 104 valence electrons. The number of hydrogen-bond acceptors (Lipinski definition) is 3. The normalized spacial score (nSPS) is 16.2. The van der Waals surface area contributed by atoms with Crippen molar-refractivity contribution in [3.05, 3.63) is 24.3 Å². The number of hydrogen-bond donors (Lipinski definition) is 0. The van der Waals surface area contributed by atoms with Gasteiger partial charge in [0.1, 0.15) is 11.5 Å². The number of carbonyl (C=O) groups excluding carboxylic acids is 1. The average Bonchev–Trinajstić information content (AvgIpc) is 2.98. The Labute approximate surface area is 114 Å². The van der Waals surface area contributed by atoms with Crippen LogP contribution in [-0.2, 0) is 4.79 Å².